The third kappa shape index (κ3) is 3.21. The van der Waals surface area contributed by atoms with Crippen LogP contribution in [0.2, 0.25) is 0 Å². The van der Waals surface area contributed by atoms with Crippen LogP contribution in [0, 0.1) is 11.6 Å². The van der Waals surface area contributed by atoms with Crippen molar-refractivity contribution in [3.05, 3.63) is 65.6 Å². The van der Waals surface area contributed by atoms with Crippen LogP contribution >= 0.6 is 0 Å². The van der Waals surface area contributed by atoms with E-state index in [-0.39, 0.29) is 11.9 Å². The molecular formula is C22H22F2N4O2. The zero-order valence-corrected chi connectivity index (χ0v) is 16.3. The first-order chi connectivity index (χ1) is 14.5. The minimum Gasteiger partial charge on any atom is -0.391 e. The summed E-state index contributed by atoms with van der Waals surface area (Å²) in [5.41, 5.74) is 2.23. The van der Waals surface area contributed by atoms with Crippen LogP contribution in [0.3, 0.4) is 0 Å². The number of rotatable bonds is 3. The summed E-state index contributed by atoms with van der Waals surface area (Å²) in [6.45, 7) is 1.54. The van der Waals surface area contributed by atoms with E-state index >= 15 is 0 Å². The maximum Gasteiger partial charge on any atom is 0.272 e. The third-order valence-electron chi connectivity index (χ3n) is 6.06. The number of anilines is 1. The molecule has 0 radical (unpaired) electrons. The van der Waals surface area contributed by atoms with Crippen LogP contribution in [-0.2, 0) is 0 Å². The molecule has 0 spiro atoms. The maximum atomic E-state index is 14.4. The molecule has 156 valence electrons. The first-order valence-corrected chi connectivity index (χ1v) is 10.2. The van der Waals surface area contributed by atoms with E-state index in [2.05, 4.69) is 4.98 Å². The van der Waals surface area contributed by atoms with Gasteiger partial charge in [-0.15, -0.1) is 0 Å². The van der Waals surface area contributed by atoms with Crippen molar-refractivity contribution in [1.82, 2.24) is 14.3 Å². The number of fused-ring (bicyclic) bond motifs is 1. The summed E-state index contributed by atoms with van der Waals surface area (Å²) in [5.74, 6) is -1.05. The molecule has 2 fully saturated rings. The molecule has 0 aliphatic carbocycles. The van der Waals surface area contributed by atoms with Crippen LogP contribution in [-0.4, -0.2) is 51.0 Å². The van der Waals surface area contributed by atoms with Crippen molar-refractivity contribution in [2.24, 2.45) is 0 Å². The molecule has 2 aliphatic rings. The van der Waals surface area contributed by atoms with Gasteiger partial charge in [-0.3, -0.25) is 9.20 Å². The van der Waals surface area contributed by atoms with Gasteiger partial charge in [0, 0.05) is 31.4 Å². The molecule has 2 atom stereocenters. The van der Waals surface area contributed by atoms with E-state index in [1.165, 1.54) is 12.1 Å². The number of aliphatic hydroxyl groups excluding tert-OH is 1. The van der Waals surface area contributed by atoms with E-state index < -0.39 is 17.7 Å². The molecule has 2 aromatic heterocycles. The minimum absolute atomic E-state index is 0.176. The molecule has 2 saturated heterocycles. The lowest BCUT2D eigenvalue weighted by molar-refractivity contribution is 0.0758. The average molecular weight is 412 g/mol. The Balaban J connectivity index is 1.50. The van der Waals surface area contributed by atoms with E-state index in [4.69, 9.17) is 0 Å². The van der Waals surface area contributed by atoms with E-state index in [1.54, 1.807) is 15.5 Å². The normalized spacial score (nSPS) is 21.7. The van der Waals surface area contributed by atoms with Crippen LogP contribution in [0.5, 0.6) is 0 Å². The molecule has 1 amide bonds. The number of amides is 1. The van der Waals surface area contributed by atoms with Gasteiger partial charge in [-0.2, -0.15) is 0 Å². The number of nitrogens with zero attached hydrogens (tertiary/aromatic N) is 4. The number of aliphatic hydroxyl groups is 1. The van der Waals surface area contributed by atoms with Gasteiger partial charge < -0.3 is 14.9 Å². The fraction of sp³-hybridized carbons (Fsp3) is 0.364. The lowest BCUT2D eigenvalue weighted by Gasteiger charge is -2.27. The predicted molar refractivity (Wildman–Crippen MR) is 107 cm³/mol. The van der Waals surface area contributed by atoms with Crippen molar-refractivity contribution in [3.8, 4) is 0 Å². The Morgan fingerprint density at radius 3 is 2.80 bits per heavy atom. The van der Waals surface area contributed by atoms with Gasteiger partial charge in [0.1, 0.15) is 23.0 Å². The zero-order valence-electron chi connectivity index (χ0n) is 16.3. The number of carbonyl (C=O) groups excluding carboxylic acids is 1. The highest BCUT2D eigenvalue weighted by Crippen LogP contribution is 2.37. The molecule has 6 nitrogen and oxygen atoms in total. The summed E-state index contributed by atoms with van der Waals surface area (Å²) in [5, 5.41) is 9.75. The fourth-order valence-electron chi connectivity index (χ4n) is 4.55. The highest BCUT2D eigenvalue weighted by molar-refractivity contribution is 5.93. The summed E-state index contributed by atoms with van der Waals surface area (Å²) in [6, 6.07) is 7.01. The number of halogens is 2. The van der Waals surface area contributed by atoms with Crippen molar-refractivity contribution in [2.45, 2.75) is 31.4 Å². The third-order valence-corrected chi connectivity index (χ3v) is 6.06. The Kier molecular flexibility index (Phi) is 4.66. The topological polar surface area (TPSA) is 61.1 Å². The fourth-order valence-corrected chi connectivity index (χ4v) is 4.55. The van der Waals surface area contributed by atoms with E-state index in [0.717, 1.165) is 24.6 Å². The quantitative estimate of drug-likeness (QED) is 0.718. The number of benzene rings is 1. The highest BCUT2D eigenvalue weighted by Gasteiger charge is 2.30. The van der Waals surface area contributed by atoms with Crippen molar-refractivity contribution in [1.29, 1.82) is 0 Å². The van der Waals surface area contributed by atoms with Crippen LogP contribution in [0.25, 0.3) is 5.65 Å². The SMILES string of the molecule is O=C(c1cnc2ccc(N3CCCC3c3cc(F)ccc3F)cn12)N1CC[C@H](O)C1. The number of aromatic nitrogens is 2. The Hall–Kier alpha value is -3.00. The van der Waals surface area contributed by atoms with Crippen molar-refractivity contribution < 1.29 is 18.7 Å². The number of imidazole rings is 1. The summed E-state index contributed by atoms with van der Waals surface area (Å²) in [4.78, 5) is 20.9. The van der Waals surface area contributed by atoms with E-state index in [1.807, 2.05) is 23.2 Å². The molecule has 4 heterocycles. The summed E-state index contributed by atoms with van der Waals surface area (Å²) < 4.78 is 29.9. The molecule has 3 aromatic rings. The Labute approximate surface area is 172 Å². The Bertz CT molecular complexity index is 1120. The number of β-amino-alcohol motifs (C(OH)–C–C–N with tert-alkyl or cyclic N) is 1. The lowest BCUT2D eigenvalue weighted by Crippen LogP contribution is -2.30. The smallest absolute Gasteiger partial charge is 0.272 e. The first kappa shape index (κ1) is 19.0. The Morgan fingerprint density at radius 1 is 1.13 bits per heavy atom. The number of likely N-dealkylation sites (tertiary alicyclic amines) is 1. The first-order valence-electron chi connectivity index (χ1n) is 10.2. The predicted octanol–water partition coefficient (Wildman–Crippen LogP) is 3.16. The van der Waals surface area contributed by atoms with Crippen molar-refractivity contribution in [2.75, 3.05) is 24.5 Å². The zero-order chi connectivity index (χ0) is 20.8. The second-order valence-corrected chi connectivity index (χ2v) is 7.97. The molecule has 5 rings (SSSR count). The summed E-state index contributed by atoms with van der Waals surface area (Å²) >= 11 is 0. The molecular weight excluding hydrogens is 390 g/mol. The molecule has 8 heteroatoms. The van der Waals surface area contributed by atoms with Gasteiger partial charge in [-0.25, -0.2) is 13.8 Å². The average Bonchev–Trinajstić information content (AvgIpc) is 3.47. The second kappa shape index (κ2) is 7.36. The minimum atomic E-state index is -0.491. The number of hydrogen-bond donors (Lipinski definition) is 1. The molecule has 1 unspecified atom stereocenters. The van der Waals surface area contributed by atoms with E-state index in [0.29, 0.717) is 43.0 Å². The number of pyridine rings is 1. The van der Waals surface area contributed by atoms with Gasteiger partial charge in [0.2, 0.25) is 0 Å². The molecule has 0 saturated carbocycles. The van der Waals surface area contributed by atoms with Crippen LogP contribution < -0.4 is 4.90 Å². The standard InChI is InChI=1S/C22H22F2N4O2/c23-14-3-5-18(24)17(10-14)19-2-1-8-27(19)15-4-6-21-25-11-20(28(21)12-15)22(30)26-9-7-16(29)13-26/h3-6,10-12,16,19,29H,1-2,7-9,13H2/t16-,19?/m0/s1. The van der Waals surface area contributed by atoms with Gasteiger partial charge in [-0.1, -0.05) is 0 Å². The second-order valence-electron chi connectivity index (χ2n) is 7.97. The van der Waals surface area contributed by atoms with Crippen LogP contribution in [0.15, 0.2) is 42.7 Å². The van der Waals surface area contributed by atoms with E-state index in [9.17, 15) is 18.7 Å². The van der Waals surface area contributed by atoms with Crippen molar-refractivity contribution in [3.63, 3.8) is 0 Å². The van der Waals surface area contributed by atoms with Gasteiger partial charge in [0.25, 0.3) is 5.91 Å². The monoisotopic (exact) mass is 412 g/mol. The van der Waals surface area contributed by atoms with Gasteiger partial charge in [0.05, 0.1) is 24.0 Å². The molecule has 0 bridgehead atoms. The van der Waals surface area contributed by atoms with Gasteiger partial charge in [-0.05, 0) is 49.6 Å². The number of hydrogen-bond acceptors (Lipinski definition) is 4. The largest absolute Gasteiger partial charge is 0.391 e. The number of carbonyl (C=O) groups is 1. The van der Waals surface area contributed by atoms with Gasteiger partial charge in [0.15, 0.2) is 0 Å². The van der Waals surface area contributed by atoms with Gasteiger partial charge >= 0.3 is 0 Å². The van der Waals surface area contributed by atoms with Crippen molar-refractivity contribution >= 4 is 17.2 Å². The Morgan fingerprint density at radius 2 is 2.00 bits per heavy atom. The van der Waals surface area contributed by atoms with Crippen LogP contribution in [0.1, 0.15) is 41.4 Å². The van der Waals surface area contributed by atoms with Crippen LogP contribution in [0.4, 0.5) is 14.5 Å². The molecule has 1 aromatic carbocycles. The lowest BCUT2D eigenvalue weighted by atomic mass is 10.0. The molecule has 2 aliphatic heterocycles. The highest BCUT2D eigenvalue weighted by atomic mass is 19.1. The summed E-state index contributed by atoms with van der Waals surface area (Å²) in [6.07, 6.45) is 5.04. The molecule has 1 N–H and O–H groups in total. The maximum absolute atomic E-state index is 14.4. The molecule has 30 heavy (non-hydrogen) atoms. The summed E-state index contributed by atoms with van der Waals surface area (Å²) in [7, 11) is 0.